The van der Waals surface area contributed by atoms with Gasteiger partial charge in [0.1, 0.15) is 11.2 Å². The number of amides is 1. The molecule has 1 N–H and O–H groups in total. The van der Waals surface area contributed by atoms with Gasteiger partial charge in [-0.3, -0.25) is 4.79 Å². The van der Waals surface area contributed by atoms with Gasteiger partial charge in [-0.1, -0.05) is 27.6 Å². The maximum atomic E-state index is 13.5. The van der Waals surface area contributed by atoms with Gasteiger partial charge in [0.05, 0.1) is 0 Å². The quantitative estimate of drug-likeness (QED) is 0.814. The zero-order chi connectivity index (χ0) is 18.5. The molecule has 26 heavy (non-hydrogen) atoms. The van der Waals surface area contributed by atoms with Gasteiger partial charge in [-0.05, 0) is 37.8 Å². The molecule has 1 saturated heterocycles. The lowest BCUT2D eigenvalue weighted by atomic mass is 9.79. The Morgan fingerprint density at radius 2 is 2.08 bits per heavy atom. The summed E-state index contributed by atoms with van der Waals surface area (Å²) in [6.45, 7) is 3.50. The molecule has 0 bridgehead atoms. The number of nitrogens with zero attached hydrogens (tertiary/aromatic N) is 2. The molecule has 1 aromatic carbocycles. The summed E-state index contributed by atoms with van der Waals surface area (Å²) in [6, 6.07) is 7.54. The number of aromatic nitrogens is 1. The molecule has 1 spiro atoms. The number of sulfonamides is 1. The molecule has 1 aromatic heterocycles. The minimum absolute atomic E-state index is 0.0745. The van der Waals surface area contributed by atoms with Crippen molar-refractivity contribution in [1.82, 2.24) is 9.46 Å². The predicted octanol–water partition coefficient (Wildman–Crippen LogP) is 2.61. The molecule has 2 aromatic rings. The number of benzene rings is 1. The topological polar surface area (TPSA) is 98.5 Å². The van der Waals surface area contributed by atoms with E-state index < -0.39 is 15.9 Å². The van der Waals surface area contributed by atoms with Crippen molar-refractivity contribution in [3.05, 3.63) is 41.3 Å². The fourth-order valence-electron chi connectivity index (χ4n) is 4.15. The first-order valence-electron chi connectivity index (χ1n) is 8.71. The Hall–Kier alpha value is -2.03. The highest BCUT2D eigenvalue weighted by Gasteiger charge is 2.57. The van der Waals surface area contributed by atoms with E-state index in [0.717, 1.165) is 24.1 Å². The van der Waals surface area contributed by atoms with Crippen LogP contribution in [-0.4, -0.2) is 32.0 Å². The highest BCUT2D eigenvalue weighted by molar-refractivity contribution is 7.95. The predicted molar refractivity (Wildman–Crippen MR) is 95.1 cm³/mol. The third-order valence-corrected chi connectivity index (χ3v) is 7.58. The Bertz CT molecular complexity index is 905. The second kappa shape index (κ2) is 6.00. The number of aryl methyl sites for hydroxylation is 2. The Labute approximate surface area is 153 Å². The zero-order valence-corrected chi connectivity index (χ0v) is 15.6. The lowest BCUT2D eigenvalue weighted by Gasteiger charge is -2.47. The highest BCUT2D eigenvalue weighted by atomic mass is 32.3. The van der Waals surface area contributed by atoms with Crippen LogP contribution in [0.5, 0.6) is 0 Å². The SMILES string of the molecule is Cc1noc(C)c1[S+](=O)([O-])N1CCCCC12Cc1ccccc1NC2=O. The van der Waals surface area contributed by atoms with E-state index in [0.29, 0.717) is 25.1 Å². The number of carbonyl (C=O) groups excluding carboxylic acids is 1. The van der Waals surface area contributed by atoms with E-state index in [2.05, 4.69) is 10.5 Å². The summed E-state index contributed by atoms with van der Waals surface area (Å²) in [5.74, 6) is -0.00826. The Morgan fingerprint density at radius 3 is 2.81 bits per heavy atom. The second-order valence-corrected chi connectivity index (χ2v) is 8.81. The van der Waals surface area contributed by atoms with Gasteiger partial charge >= 0.3 is 0 Å². The van der Waals surface area contributed by atoms with Gasteiger partial charge in [-0.15, -0.1) is 4.31 Å². The first-order valence-corrected chi connectivity index (χ1v) is 10.2. The van der Waals surface area contributed by atoms with Gasteiger partial charge in [0, 0.05) is 25.6 Å². The fraction of sp³-hybridized carbons (Fsp3) is 0.444. The van der Waals surface area contributed by atoms with Crippen molar-refractivity contribution in [1.29, 1.82) is 0 Å². The molecule has 1 amide bonds. The summed E-state index contributed by atoms with van der Waals surface area (Å²) in [4.78, 5) is 13.1. The normalized spacial score (nSPS) is 25.6. The van der Waals surface area contributed by atoms with Crippen LogP contribution in [0, 0.1) is 13.8 Å². The molecule has 8 heteroatoms. The maximum Gasteiger partial charge on any atom is 0.249 e. The highest BCUT2D eigenvalue weighted by Crippen LogP contribution is 2.43. The summed E-state index contributed by atoms with van der Waals surface area (Å²) >= 11 is 0. The first kappa shape index (κ1) is 17.4. The average Bonchev–Trinajstić information content (AvgIpc) is 2.95. The molecule has 3 heterocycles. The summed E-state index contributed by atoms with van der Waals surface area (Å²) in [5.41, 5.74) is 0.915. The monoisotopic (exact) mass is 375 g/mol. The van der Waals surface area contributed by atoms with Crippen LogP contribution in [0.1, 0.15) is 36.3 Å². The number of rotatable bonds is 2. The van der Waals surface area contributed by atoms with Crippen LogP contribution in [0.15, 0.2) is 33.7 Å². The molecular weight excluding hydrogens is 354 g/mol. The van der Waals surface area contributed by atoms with E-state index in [-0.39, 0.29) is 16.6 Å². The lowest BCUT2D eigenvalue weighted by molar-refractivity contribution is -0.127. The Morgan fingerprint density at radius 1 is 1.31 bits per heavy atom. The number of para-hydroxylation sites is 1. The molecule has 4 rings (SSSR count). The summed E-state index contributed by atoms with van der Waals surface area (Å²) in [6.07, 6.45) is 2.40. The molecule has 1 fully saturated rings. The number of fused-ring (bicyclic) bond motifs is 1. The van der Waals surface area contributed by atoms with Crippen LogP contribution >= 0.6 is 0 Å². The smallest absolute Gasteiger partial charge is 0.249 e. The van der Waals surface area contributed by atoms with Crippen molar-refractivity contribution in [2.45, 2.75) is 50.0 Å². The third kappa shape index (κ3) is 2.44. The van der Waals surface area contributed by atoms with E-state index in [1.54, 1.807) is 13.8 Å². The van der Waals surface area contributed by atoms with Gasteiger partial charge in [-0.2, -0.15) is 0 Å². The van der Waals surface area contributed by atoms with Gasteiger partial charge in [-0.25, -0.2) is 0 Å². The van der Waals surface area contributed by atoms with Crippen molar-refractivity contribution in [3.63, 3.8) is 0 Å². The summed E-state index contributed by atoms with van der Waals surface area (Å²) in [5, 5.41) is 6.70. The van der Waals surface area contributed by atoms with Gasteiger partial charge in [0.25, 0.3) is 0 Å². The molecule has 138 valence electrons. The summed E-state index contributed by atoms with van der Waals surface area (Å²) in [7, 11) is -3.91. The van der Waals surface area contributed by atoms with Crippen LogP contribution in [0.3, 0.4) is 0 Å². The number of hydrogen-bond acceptors (Lipinski definition) is 5. The Kier molecular flexibility index (Phi) is 4.02. The molecule has 2 aliphatic rings. The molecule has 7 nitrogen and oxygen atoms in total. The van der Waals surface area contributed by atoms with E-state index >= 15 is 0 Å². The van der Waals surface area contributed by atoms with Gasteiger partial charge < -0.3 is 14.4 Å². The van der Waals surface area contributed by atoms with Crippen LogP contribution in [0.2, 0.25) is 0 Å². The van der Waals surface area contributed by atoms with E-state index in [4.69, 9.17) is 4.52 Å². The van der Waals surface area contributed by atoms with Crippen molar-refractivity contribution in [3.8, 4) is 0 Å². The Balaban J connectivity index is 1.83. The average molecular weight is 375 g/mol. The molecule has 2 aliphatic heterocycles. The van der Waals surface area contributed by atoms with Crippen LogP contribution < -0.4 is 5.32 Å². The second-order valence-electron chi connectivity index (χ2n) is 7.01. The minimum Gasteiger partial charge on any atom is -0.593 e. The van der Waals surface area contributed by atoms with Crippen molar-refractivity contribution < 1.29 is 18.1 Å². The molecule has 0 aliphatic carbocycles. The van der Waals surface area contributed by atoms with E-state index in [1.807, 2.05) is 24.3 Å². The van der Waals surface area contributed by atoms with Crippen molar-refractivity contribution in [2.24, 2.45) is 0 Å². The minimum atomic E-state index is -3.91. The van der Waals surface area contributed by atoms with E-state index in [9.17, 15) is 13.6 Å². The lowest BCUT2D eigenvalue weighted by Crippen LogP contribution is -2.65. The van der Waals surface area contributed by atoms with E-state index in [1.165, 1.54) is 4.31 Å². The van der Waals surface area contributed by atoms with Crippen molar-refractivity contribution in [2.75, 3.05) is 11.9 Å². The maximum absolute atomic E-state index is 13.5. The van der Waals surface area contributed by atoms with Crippen LogP contribution in [-0.2, 0) is 25.8 Å². The fourth-order valence-corrected chi connectivity index (χ4v) is 6.25. The third-order valence-electron chi connectivity index (χ3n) is 5.37. The summed E-state index contributed by atoms with van der Waals surface area (Å²) < 4.78 is 33.4. The molecule has 0 radical (unpaired) electrons. The number of anilines is 1. The van der Waals surface area contributed by atoms with Crippen LogP contribution in [0.25, 0.3) is 0 Å². The first-order chi connectivity index (χ1) is 12.4. The number of hydrogen-bond donors (Lipinski definition) is 1. The number of carbonyl (C=O) groups is 1. The molecule has 2 unspecified atom stereocenters. The molecule has 2 atom stereocenters. The number of nitrogens with one attached hydrogen (secondary N) is 1. The standard InChI is InChI=1S/C18H21N3O4S/c1-12-16(13(2)25-20-12)26(23,24)21-10-6-5-9-18(21)11-14-7-3-4-8-15(14)19-17(18)22/h3-4,7-8H,5-6,9-11H2,1-2H3,(H-,19,22,23,24). The largest absolute Gasteiger partial charge is 0.593 e. The molecule has 0 saturated carbocycles. The van der Waals surface area contributed by atoms with Gasteiger partial charge in [0.15, 0.2) is 16.2 Å². The number of piperidine rings is 1. The van der Waals surface area contributed by atoms with Gasteiger partial charge in [0.2, 0.25) is 10.8 Å². The molecular formula is C18H21N3O4S. The van der Waals surface area contributed by atoms with Crippen molar-refractivity contribution >= 4 is 22.0 Å². The van der Waals surface area contributed by atoms with Crippen LogP contribution in [0.4, 0.5) is 5.69 Å². The zero-order valence-electron chi connectivity index (χ0n) is 14.8.